The third kappa shape index (κ3) is 4.18. The zero-order valence-electron chi connectivity index (χ0n) is 12.2. The van der Waals surface area contributed by atoms with Crippen molar-refractivity contribution in [3.8, 4) is 0 Å². The molecule has 0 aliphatic carbocycles. The van der Waals surface area contributed by atoms with E-state index in [9.17, 15) is 9.59 Å². The zero-order chi connectivity index (χ0) is 14.5. The van der Waals surface area contributed by atoms with Gasteiger partial charge in [-0.3, -0.25) is 9.59 Å². The van der Waals surface area contributed by atoms with Crippen molar-refractivity contribution in [1.82, 2.24) is 10.2 Å². The normalized spacial score (nSPS) is 22.5. The van der Waals surface area contributed by atoms with Gasteiger partial charge in [0.25, 0.3) is 0 Å². The fourth-order valence-corrected chi connectivity index (χ4v) is 2.02. The van der Waals surface area contributed by atoms with Crippen LogP contribution in [0, 0.1) is 0 Å². The Hall–Kier alpha value is -1.14. The van der Waals surface area contributed by atoms with Crippen LogP contribution in [0.2, 0.25) is 0 Å². The van der Waals surface area contributed by atoms with Crippen LogP contribution in [-0.2, 0) is 19.1 Å². The molecule has 1 aliphatic rings. The van der Waals surface area contributed by atoms with Crippen LogP contribution in [0.15, 0.2) is 0 Å². The number of hydrogen-bond donors (Lipinski definition) is 1. The van der Waals surface area contributed by atoms with Crippen LogP contribution in [0.3, 0.4) is 0 Å². The fraction of sp³-hybridized carbons (Fsp3) is 0.846. The number of nitrogens with zero attached hydrogens (tertiary/aromatic N) is 1. The van der Waals surface area contributed by atoms with Gasteiger partial charge < -0.3 is 19.7 Å². The Morgan fingerprint density at radius 1 is 1.26 bits per heavy atom. The van der Waals surface area contributed by atoms with Crippen molar-refractivity contribution in [3.63, 3.8) is 0 Å². The molecule has 0 aromatic heterocycles. The zero-order valence-corrected chi connectivity index (χ0v) is 12.2. The Balaban J connectivity index is 2.41. The summed E-state index contributed by atoms with van der Waals surface area (Å²) >= 11 is 0. The van der Waals surface area contributed by atoms with Gasteiger partial charge in [-0.25, -0.2) is 0 Å². The molecular weight excluding hydrogens is 248 g/mol. The summed E-state index contributed by atoms with van der Waals surface area (Å²) in [5.41, 5.74) is -0.819. The molecule has 6 nitrogen and oxygen atoms in total. The molecule has 19 heavy (non-hydrogen) atoms. The second kappa shape index (κ2) is 6.86. The number of nitrogens with one attached hydrogen (secondary N) is 1. The average Bonchev–Trinajstić information content (AvgIpc) is 2.34. The third-order valence-corrected chi connectivity index (χ3v) is 3.20. The van der Waals surface area contributed by atoms with Gasteiger partial charge in [-0.15, -0.1) is 0 Å². The third-order valence-electron chi connectivity index (χ3n) is 3.20. The molecule has 0 spiro atoms. The summed E-state index contributed by atoms with van der Waals surface area (Å²) in [5.74, 6) is -0.151. The van der Waals surface area contributed by atoms with Gasteiger partial charge in [0.15, 0.2) is 0 Å². The van der Waals surface area contributed by atoms with Gasteiger partial charge in [0.1, 0.15) is 11.6 Å². The Bertz CT molecular complexity index is 331. The lowest BCUT2D eigenvalue weighted by Gasteiger charge is -2.41. The van der Waals surface area contributed by atoms with E-state index >= 15 is 0 Å². The number of ether oxygens (including phenoxy) is 2. The first-order valence-corrected chi connectivity index (χ1v) is 6.60. The van der Waals surface area contributed by atoms with Crippen LogP contribution < -0.4 is 5.32 Å². The summed E-state index contributed by atoms with van der Waals surface area (Å²) in [5, 5.41) is 2.73. The first kappa shape index (κ1) is 15.9. The van der Waals surface area contributed by atoms with Gasteiger partial charge in [-0.1, -0.05) is 0 Å². The van der Waals surface area contributed by atoms with Gasteiger partial charge in [-0.2, -0.15) is 0 Å². The van der Waals surface area contributed by atoms with E-state index in [0.29, 0.717) is 32.8 Å². The van der Waals surface area contributed by atoms with Crippen LogP contribution in [0.4, 0.5) is 0 Å². The van der Waals surface area contributed by atoms with Crippen molar-refractivity contribution >= 4 is 11.8 Å². The number of amides is 2. The molecule has 0 radical (unpaired) electrons. The second-order valence-electron chi connectivity index (χ2n) is 5.25. The Morgan fingerprint density at radius 2 is 1.95 bits per heavy atom. The van der Waals surface area contributed by atoms with E-state index in [1.54, 1.807) is 32.8 Å². The molecule has 0 aromatic carbocycles. The van der Waals surface area contributed by atoms with Crippen LogP contribution in [0.1, 0.15) is 27.2 Å². The van der Waals surface area contributed by atoms with Crippen LogP contribution >= 0.6 is 0 Å². The molecule has 0 bridgehead atoms. The van der Waals surface area contributed by atoms with E-state index in [1.807, 2.05) is 0 Å². The highest BCUT2D eigenvalue weighted by Gasteiger charge is 2.42. The SMILES string of the molecule is COCCOCCCN1C(=O)C(C)(C)NC(=O)C1C. The Labute approximate surface area is 114 Å². The maximum Gasteiger partial charge on any atom is 0.248 e. The summed E-state index contributed by atoms with van der Waals surface area (Å²) in [6.45, 7) is 7.39. The van der Waals surface area contributed by atoms with Crippen LogP contribution in [-0.4, -0.2) is 61.8 Å². The second-order valence-corrected chi connectivity index (χ2v) is 5.25. The van der Waals surface area contributed by atoms with Gasteiger partial charge in [-0.05, 0) is 27.2 Å². The molecule has 1 rings (SSSR count). The van der Waals surface area contributed by atoms with Crippen LogP contribution in [0.25, 0.3) is 0 Å². The molecule has 1 N–H and O–H groups in total. The molecule has 6 heteroatoms. The van der Waals surface area contributed by atoms with Gasteiger partial charge in [0, 0.05) is 20.3 Å². The molecule has 1 atom stereocenters. The standard InChI is InChI=1S/C13H24N2O4/c1-10-11(16)14-13(2,3)12(17)15(10)6-5-7-19-9-8-18-4/h10H,5-9H2,1-4H3,(H,14,16). The monoisotopic (exact) mass is 272 g/mol. The molecule has 0 aromatic rings. The summed E-state index contributed by atoms with van der Waals surface area (Å²) in [6, 6.07) is -0.417. The van der Waals surface area contributed by atoms with E-state index in [0.717, 1.165) is 0 Å². The lowest BCUT2D eigenvalue weighted by molar-refractivity contribution is -0.152. The highest BCUT2D eigenvalue weighted by molar-refractivity contribution is 5.99. The van der Waals surface area contributed by atoms with Crippen molar-refractivity contribution in [2.45, 2.75) is 38.8 Å². The molecule has 2 amide bonds. The van der Waals surface area contributed by atoms with Crippen molar-refractivity contribution in [2.24, 2.45) is 0 Å². The van der Waals surface area contributed by atoms with Crippen molar-refractivity contribution in [3.05, 3.63) is 0 Å². The lowest BCUT2D eigenvalue weighted by Crippen LogP contribution is -2.67. The summed E-state index contributed by atoms with van der Waals surface area (Å²) in [6.07, 6.45) is 0.711. The van der Waals surface area contributed by atoms with E-state index in [2.05, 4.69) is 5.32 Å². The summed E-state index contributed by atoms with van der Waals surface area (Å²) in [7, 11) is 1.62. The smallest absolute Gasteiger partial charge is 0.248 e. The average molecular weight is 272 g/mol. The maximum absolute atomic E-state index is 12.2. The lowest BCUT2D eigenvalue weighted by atomic mass is 9.97. The molecule has 1 fully saturated rings. The minimum Gasteiger partial charge on any atom is -0.382 e. The quantitative estimate of drug-likeness (QED) is 0.671. The Kier molecular flexibility index (Phi) is 5.75. The minimum absolute atomic E-state index is 0.0449. The van der Waals surface area contributed by atoms with Crippen molar-refractivity contribution < 1.29 is 19.1 Å². The number of rotatable bonds is 7. The van der Waals surface area contributed by atoms with E-state index in [4.69, 9.17) is 9.47 Å². The van der Waals surface area contributed by atoms with E-state index in [-0.39, 0.29) is 11.8 Å². The minimum atomic E-state index is -0.819. The summed E-state index contributed by atoms with van der Waals surface area (Å²) < 4.78 is 10.2. The highest BCUT2D eigenvalue weighted by Crippen LogP contribution is 2.17. The molecule has 1 aliphatic heterocycles. The number of piperazine rings is 1. The Morgan fingerprint density at radius 3 is 2.58 bits per heavy atom. The summed E-state index contributed by atoms with van der Waals surface area (Å²) in [4.78, 5) is 25.6. The molecule has 0 saturated carbocycles. The van der Waals surface area contributed by atoms with Crippen molar-refractivity contribution in [2.75, 3.05) is 33.5 Å². The molecule has 1 heterocycles. The molecule has 1 saturated heterocycles. The largest absolute Gasteiger partial charge is 0.382 e. The predicted molar refractivity (Wildman–Crippen MR) is 70.7 cm³/mol. The van der Waals surface area contributed by atoms with Gasteiger partial charge >= 0.3 is 0 Å². The molecule has 110 valence electrons. The van der Waals surface area contributed by atoms with Gasteiger partial charge in [0.2, 0.25) is 11.8 Å². The van der Waals surface area contributed by atoms with E-state index < -0.39 is 11.6 Å². The maximum atomic E-state index is 12.2. The first-order valence-electron chi connectivity index (χ1n) is 6.60. The number of methoxy groups -OCH3 is 1. The van der Waals surface area contributed by atoms with E-state index in [1.165, 1.54) is 0 Å². The first-order chi connectivity index (χ1) is 8.90. The number of hydrogen-bond acceptors (Lipinski definition) is 4. The molecular formula is C13H24N2O4. The van der Waals surface area contributed by atoms with Crippen LogP contribution in [0.5, 0.6) is 0 Å². The fourth-order valence-electron chi connectivity index (χ4n) is 2.02. The topological polar surface area (TPSA) is 67.9 Å². The van der Waals surface area contributed by atoms with Gasteiger partial charge in [0.05, 0.1) is 13.2 Å². The highest BCUT2D eigenvalue weighted by atomic mass is 16.5. The van der Waals surface area contributed by atoms with Crippen molar-refractivity contribution in [1.29, 1.82) is 0 Å². The molecule has 1 unspecified atom stereocenters. The number of carbonyl (C=O) groups is 2. The predicted octanol–water partition coefficient (Wildman–Crippen LogP) is 0.165. The number of carbonyl (C=O) groups excluding carboxylic acids is 2.